The van der Waals surface area contributed by atoms with Crippen molar-refractivity contribution in [1.82, 2.24) is 0 Å². The van der Waals surface area contributed by atoms with E-state index in [0.29, 0.717) is 26.2 Å². The molecule has 1 aromatic rings. The largest absolute Gasteiger partial charge is 0.520 e. The maximum Gasteiger partial charge on any atom is 0.520 e. The van der Waals surface area contributed by atoms with Gasteiger partial charge in [-0.15, -0.1) is 0 Å². The first-order chi connectivity index (χ1) is 10.5. The average molecular weight is 347 g/mol. The first-order valence-electron chi connectivity index (χ1n) is 7.69. The van der Waals surface area contributed by atoms with E-state index in [9.17, 15) is 8.42 Å². The van der Waals surface area contributed by atoms with Gasteiger partial charge in [0.1, 0.15) is 4.87 Å². The van der Waals surface area contributed by atoms with E-state index < -0.39 is 23.5 Å². The Balaban J connectivity index is 3.34. The minimum atomic E-state index is -3.59. The van der Waals surface area contributed by atoms with Crippen LogP contribution in [-0.2, 0) is 23.1 Å². The highest BCUT2D eigenvalue weighted by molar-refractivity contribution is 7.93. The molecule has 0 fully saturated rings. The minimum Gasteiger partial charge on any atom is -0.373 e. The van der Waals surface area contributed by atoms with Gasteiger partial charge in [-0.05, 0) is 39.3 Å². The second-order valence-electron chi connectivity index (χ2n) is 4.66. The van der Waals surface area contributed by atoms with Gasteiger partial charge in [0.2, 0.25) is 0 Å². The molecule has 0 aliphatic rings. The van der Waals surface area contributed by atoms with Crippen molar-refractivity contribution in [2.75, 3.05) is 19.8 Å². The number of rotatable bonds is 10. The van der Waals surface area contributed by atoms with Crippen LogP contribution < -0.4 is 0 Å². The lowest BCUT2D eigenvalue weighted by Crippen LogP contribution is -2.59. The van der Waals surface area contributed by atoms with Crippen LogP contribution in [0.1, 0.15) is 34.1 Å². The van der Waals surface area contributed by atoms with E-state index in [1.807, 2.05) is 27.7 Å². The Morgan fingerprint density at radius 3 is 1.73 bits per heavy atom. The smallest absolute Gasteiger partial charge is 0.373 e. The third kappa shape index (κ3) is 4.17. The molecular weight excluding hydrogens is 320 g/mol. The molecule has 0 spiro atoms. The van der Waals surface area contributed by atoms with Crippen LogP contribution in [0.4, 0.5) is 0 Å². The van der Waals surface area contributed by atoms with Crippen LogP contribution >= 0.6 is 0 Å². The lowest BCUT2D eigenvalue weighted by molar-refractivity contribution is 0.0684. The summed E-state index contributed by atoms with van der Waals surface area (Å²) in [5.41, 5.74) is 0. The molecule has 0 saturated carbocycles. The summed E-state index contributed by atoms with van der Waals surface area (Å²) in [5.74, 6) is 0. The van der Waals surface area contributed by atoms with E-state index in [1.54, 1.807) is 30.3 Å². The molecule has 0 aliphatic heterocycles. The average Bonchev–Trinajstić information content (AvgIpc) is 2.49. The van der Waals surface area contributed by atoms with Crippen molar-refractivity contribution >= 4 is 18.6 Å². The molecule has 0 aliphatic carbocycles. The van der Waals surface area contributed by atoms with Gasteiger partial charge in [-0.1, -0.05) is 25.1 Å². The highest BCUT2D eigenvalue weighted by Gasteiger charge is 2.55. The van der Waals surface area contributed by atoms with Gasteiger partial charge < -0.3 is 13.3 Å². The molecule has 126 valence electrons. The summed E-state index contributed by atoms with van der Waals surface area (Å²) >= 11 is 0. The second kappa shape index (κ2) is 8.78. The minimum absolute atomic E-state index is 0.276. The zero-order valence-electron chi connectivity index (χ0n) is 13.7. The van der Waals surface area contributed by atoms with Crippen LogP contribution in [0.2, 0.25) is 0 Å². The molecule has 0 heterocycles. The monoisotopic (exact) mass is 346 g/mol. The SMILES string of the molecule is CCO[Si](OCC)(OCC)C(CC)S(=O)(=O)c1ccccc1. The first-order valence-corrected chi connectivity index (χ1v) is 11.0. The van der Waals surface area contributed by atoms with Gasteiger partial charge in [0.05, 0.1) is 4.90 Å². The fourth-order valence-corrected chi connectivity index (χ4v) is 8.80. The molecule has 1 atom stereocenters. The molecule has 0 saturated heterocycles. The summed E-state index contributed by atoms with van der Waals surface area (Å²) in [4.78, 5) is -0.528. The maximum absolute atomic E-state index is 13.0. The maximum atomic E-state index is 13.0. The molecule has 0 N–H and O–H groups in total. The Bertz CT molecular complexity index is 515. The Kier molecular flexibility index (Phi) is 7.71. The lowest BCUT2D eigenvalue weighted by Gasteiger charge is -2.34. The molecule has 0 aromatic heterocycles. The van der Waals surface area contributed by atoms with Gasteiger partial charge in [-0.25, -0.2) is 8.42 Å². The molecule has 1 rings (SSSR count). The quantitative estimate of drug-likeness (QED) is 0.610. The zero-order valence-corrected chi connectivity index (χ0v) is 15.6. The van der Waals surface area contributed by atoms with Crippen molar-refractivity contribution in [3.05, 3.63) is 30.3 Å². The van der Waals surface area contributed by atoms with Crippen LogP contribution in [0.3, 0.4) is 0 Å². The van der Waals surface area contributed by atoms with Gasteiger partial charge >= 0.3 is 8.80 Å². The zero-order chi connectivity index (χ0) is 16.6. The van der Waals surface area contributed by atoms with E-state index in [4.69, 9.17) is 13.3 Å². The Hall–Kier alpha value is -0.733. The summed E-state index contributed by atoms with van der Waals surface area (Å²) in [5, 5.41) is 0. The van der Waals surface area contributed by atoms with E-state index in [1.165, 1.54) is 0 Å². The number of sulfone groups is 1. The summed E-state index contributed by atoms with van der Waals surface area (Å²) in [7, 11) is -6.92. The molecule has 22 heavy (non-hydrogen) atoms. The second-order valence-corrected chi connectivity index (χ2v) is 9.98. The van der Waals surface area contributed by atoms with Gasteiger partial charge in [-0.3, -0.25) is 0 Å². The summed E-state index contributed by atoms with van der Waals surface area (Å²) in [6, 6.07) is 8.41. The van der Waals surface area contributed by atoms with Crippen molar-refractivity contribution in [1.29, 1.82) is 0 Å². The Labute approximate surface area is 134 Å². The van der Waals surface area contributed by atoms with Crippen LogP contribution in [0, 0.1) is 0 Å². The topological polar surface area (TPSA) is 61.8 Å². The molecule has 0 bridgehead atoms. The molecule has 1 unspecified atom stereocenters. The van der Waals surface area contributed by atoms with Crippen LogP contribution in [0.5, 0.6) is 0 Å². The third-order valence-corrected chi connectivity index (χ3v) is 10.3. The Morgan fingerprint density at radius 2 is 1.36 bits per heavy atom. The van der Waals surface area contributed by atoms with Crippen molar-refractivity contribution in [2.45, 2.75) is 43.9 Å². The van der Waals surface area contributed by atoms with Crippen molar-refractivity contribution in [3.8, 4) is 0 Å². The van der Waals surface area contributed by atoms with Gasteiger partial charge in [0.15, 0.2) is 9.84 Å². The van der Waals surface area contributed by atoms with Gasteiger partial charge in [0, 0.05) is 19.8 Å². The van der Waals surface area contributed by atoms with E-state index in [2.05, 4.69) is 0 Å². The van der Waals surface area contributed by atoms with Gasteiger partial charge in [0.25, 0.3) is 0 Å². The normalized spacial score (nSPS) is 14.0. The van der Waals surface area contributed by atoms with Crippen LogP contribution in [0.15, 0.2) is 35.2 Å². The van der Waals surface area contributed by atoms with Gasteiger partial charge in [-0.2, -0.15) is 0 Å². The van der Waals surface area contributed by atoms with E-state index in [-0.39, 0.29) is 4.90 Å². The molecule has 7 heteroatoms. The lowest BCUT2D eigenvalue weighted by atomic mass is 10.4. The summed E-state index contributed by atoms with van der Waals surface area (Å²) in [6.45, 7) is 8.35. The Morgan fingerprint density at radius 1 is 0.909 bits per heavy atom. The number of hydrogen-bond acceptors (Lipinski definition) is 5. The summed E-state index contributed by atoms with van der Waals surface area (Å²) < 4.78 is 43.4. The van der Waals surface area contributed by atoms with Crippen molar-refractivity contribution in [2.24, 2.45) is 0 Å². The molecule has 1 aromatic carbocycles. The molecule has 0 radical (unpaired) electrons. The van der Waals surface area contributed by atoms with E-state index in [0.717, 1.165) is 0 Å². The van der Waals surface area contributed by atoms with Crippen LogP contribution in [-0.4, -0.2) is 41.9 Å². The number of benzene rings is 1. The van der Waals surface area contributed by atoms with Crippen molar-refractivity contribution in [3.63, 3.8) is 0 Å². The first kappa shape index (κ1) is 19.3. The predicted molar refractivity (Wildman–Crippen MR) is 88.3 cm³/mol. The predicted octanol–water partition coefficient (Wildman–Crippen LogP) is 2.83. The van der Waals surface area contributed by atoms with Crippen molar-refractivity contribution < 1.29 is 21.7 Å². The number of hydrogen-bond donors (Lipinski definition) is 0. The standard InChI is InChI=1S/C15H26O5SSi/c1-5-15(21(16,17)14-12-10-9-11-13-14)22(18-6-2,19-7-3)20-8-4/h9-13,15H,5-8H2,1-4H3. The third-order valence-electron chi connectivity index (χ3n) is 3.25. The molecular formula is C15H26O5SSi. The summed E-state index contributed by atoms with van der Waals surface area (Å²) in [6.07, 6.45) is 0.378. The highest BCUT2D eigenvalue weighted by Crippen LogP contribution is 2.28. The fraction of sp³-hybridized carbons (Fsp3) is 0.600. The highest BCUT2D eigenvalue weighted by atomic mass is 32.2. The fourth-order valence-electron chi connectivity index (χ4n) is 2.44. The van der Waals surface area contributed by atoms with E-state index >= 15 is 0 Å². The van der Waals surface area contributed by atoms with Crippen LogP contribution in [0.25, 0.3) is 0 Å². The molecule has 0 amide bonds. The molecule has 5 nitrogen and oxygen atoms in total.